The number of hydrogen-bond donors (Lipinski definition) is 1. The number of para-hydroxylation sites is 1. The van der Waals surface area contributed by atoms with Gasteiger partial charge in [0.1, 0.15) is 5.82 Å². The number of amides is 1. The van der Waals surface area contributed by atoms with E-state index in [-0.39, 0.29) is 11.6 Å². The zero-order chi connectivity index (χ0) is 20.1. The molecule has 0 saturated carbocycles. The summed E-state index contributed by atoms with van der Waals surface area (Å²) < 4.78 is 2.07. The van der Waals surface area contributed by atoms with Gasteiger partial charge in [-0.05, 0) is 50.3 Å². The van der Waals surface area contributed by atoms with E-state index in [2.05, 4.69) is 20.1 Å². The molecular formula is C20H19N5O3. The first-order valence-corrected chi connectivity index (χ1v) is 8.71. The molecule has 3 aromatic rings. The van der Waals surface area contributed by atoms with Gasteiger partial charge >= 0.3 is 0 Å². The fourth-order valence-corrected chi connectivity index (χ4v) is 2.94. The third-order valence-electron chi connectivity index (χ3n) is 4.25. The van der Waals surface area contributed by atoms with E-state index in [0.29, 0.717) is 11.1 Å². The van der Waals surface area contributed by atoms with Gasteiger partial charge in [-0.25, -0.2) is 10.4 Å². The quantitative estimate of drug-likeness (QED) is 0.402. The van der Waals surface area contributed by atoms with Crippen LogP contribution in [0, 0.1) is 17.0 Å². The van der Waals surface area contributed by atoms with Crippen LogP contribution in [0.15, 0.2) is 53.6 Å². The first-order valence-electron chi connectivity index (χ1n) is 8.71. The van der Waals surface area contributed by atoms with E-state index >= 15 is 0 Å². The maximum atomic E-state index is 12.3. The van der Waals surface area contributed by atoms with E-state index in [0.717, 1.165) is 23.4 Å². The lowest BCUT2D eigenvalue weighted by Crippen LogP contribution is -2.17. The number of aromatic nitrogens is 2. The molecule has 0 aliphatic carbocycles. The SMILES string of the molecule is CCn1c(C)nc2cc(C(=O)NN=CC=Cc3ccccc3[N+](=O)[O-])ccc21. The van der Waals surface area contributed by atoms with Crippen molar-refractivity contribution in [3.63, 3.8) is 0 Å². The third-order valence-corrected chi connectivity index (χ3v) is 4.25. The van der Waals surface area contributed by atoms with Crippen molar-refractivity contribution < 1.29 is 9.72 Å². The Morgan fingerprint density at radius 2 is 2.11 bits per heavy atom. The van der Waals surface area contributed by atoms with Crippen molar-refractivity contribution in [3.8, 4) is 0 Å². The fraction of sp³-hybridized carbons (Fsp3) is 0.150. The Labute approximate surface area is 161 Å². The van der Waals surface area contributed by atoms with E-state index in [1.807, 2.05) is 19.9 Å². The van der Waals surface area contributed by atoms with Crippen LogP contribution in [0.1, 0.15) is 28.7 Å². The molecule has 0 fully saturated rings. The summed E-state index contributed by atoms with van der Waals surface area (Å²) in [6, 6.07) is 11.7. The topological polar surface area (TPSA) is 102 Å². The molecule has 0 atom stereocenters. The van der Waals surface area contributed by atoms with Gasteiger partial charge in [-0.1, -0.05) is 12.1 Å². The van der Waals surface area contributed by atoms with Crippen LogP contribution in [0.5, 0.6) is 0 Å². The number of nitrogens with one attached hydrogen (secondary N) is 1. The molecule has 3 rings (SSSR count). The molecular weight excluding hydrogens is 358 g/mol. The molecule has 8 heteroatoms. The highest BCUT2D eigenvalue weighted by atomic mass is 16.6. The van der Waals surface area contributed by atoms with Crippen LogP contribution >= 0.6 is 0 Å². The summed E-state index contributed by atoms with van der Waals surface area (Å²) in [6.07, 6.45) is 4.45. The molecule has 0 bridgehead atoms. The normalized spacial score (nSPS) is 11.5. The maximum Gasteiger partial charge on any atom is 0.276 e. The first-order chi connectivity index (χ1) is 13.5. The predicted octanol–water partition coefficient (Wildman–Crippen LogP) is 3.70. The second kappa shape index (κ2) is 8.26. The highest BCUT2D eigenvalue weighted by molar-refractivity contribution is 5.97. The number of aryl methyl sites for hydroxylation is 2. The summed E-state index contributed by atoms with van der Waals surface area (Å²) in [5.74, 6) is 0.536. The van der Waals surface area contributed by atoms with E-state index in [1.165, 1.54) is 18.4 Å². The molecule has 0 aliphatic heterocycles. The van der Waals surface area contributed by atoms with Gasteiger partial charge in [0, 0.05) is 24.4 Å². The minimum Gasteiger partial charge on any atom is -0.329 e. The van der Waals surface area contributed by atoms with Crippen LogP contribution < -0.4 is 5.43 Å². The van der Waals surface area contributed by atoms with Gasteiger partial charge in [0.15, 0.2) is 0 Å². The first kappa shape index (κ1) is 19.0. The number of carbonyl (C=O) groups excluding carboxylic acids is 1. The number of fused-ring (bicyclic) bond motifs is 1. The lowest BCUT2D eigenvalue weighted by Gasteiger charge is -2.02. The number of hydrazone groups is 1. The van der Waals surface area contributed by atoms with E-state index < -0.39 is 4.92 Å². The minimum absolute atomic E-state index is 0.00583. The molecule has 28 heavy (non-hydrogen) atoms. The van der Waals surface area contributed by atoms with Crippen molar-refractivity contribution in [1.82, 2.24) is 15.0 Å². The summed E-state index contributed by atoms with van der Waals surface area (Å²) in [6.45, 7) is 4.78. The van der Waals surface area contributed by atoms with Crippen molar-refractivity contribution in [2.24, 2.45) is 5.10 Å². The average molecular weight is 377 g/mol. The third kappa shape index (κ3) is 3.96. The molecule has 0 saturated heterocycles. The molecule has 142 valence electrons. The molecule has 0 spiro atoms. The zero-order valence-corrected chi connectivity index (χ0v) is 15.5. The van der Waals surface area contributed by atoms with Gasteiger partial charge in [0.2, 0.25) is 0 Å². The number of hydrogen-bond acceptors (Lipinski definition) is 5. The number of allylic oxidation sites excluding steroid dienone is 1. The van der Waals surface area contributed by atoms with E-state index in [9.17, 15) is 14.9 Å². The molecule has 1 aromatic heterocycles. The number of nitro groups is 1. The predicted molar refractivity (Wildman–Crippen MR) is 108 cm³/mol. The monoisotopic (exact) mass is 377 g/mol. The van der Waals surface area contributed by atoms with Crippen molar-refractivity contribution in [3.05, 3.63) is 75.6 Å². The molecule has 0 unspecified atom stereocenters. The van der Waals surface area contributed by atoms with Gasteiger partial charge in [0.25, 0.3) is 11.6 Å². The second-order valence-electron chi connectivity index (χ2n) is 6.00. The molecule has 1 amide bonds. The minimum atomic E-state index is -0.448. The Bertz CT molecular complexity index is 1100. The second-order valence-corrected chi connectivity index (χ2v) is 6.00. The van der Waals surface area contributed by atoms with Gasteiger partial charge in [-0.15, -0.1) is 0 Å². The van der Waals surface area contributed by atoms with Crippen LogP contribution in [-0.2, 0) is 6.54 Å². The number of nitrogens with zero attached hydrogens (tertiary/aromatic N) is 4. The van der Waals surface area contributed by atoms with E-state index in [4.69, 9.17) is 0 Å². The summed E-state index contributed by atoms with van der Waals surface area (Å²) in [5, 5.41) is 14.8. The summed E-state index contributed by atoms with van der Waals surface area (Å²) in [7, 11) is 0. The summed E-state index contributed by atoms with van der Waals surface area (Å²) in [4.78, 5) is 27.2. The van der Waals surface area contributed by atoms with Crippen molar-refractivity contribution in [1.29, 1.82) is 0 Å². The number of imidazole rings is 1. The van der Waals surface area contributed by atoms with Gasteiger partial charge < -0.3 is 4.57 Å². The molecule has 8 nitrogen and oxygen atoms in total. The smallest absolute Gasteiger partial charge is 0.276 e. The van der Waals surface area contributed by atoms with Crippen LogP contribution in [0.3, 0.4) is 0 Å². The van der Waals surface area contributed by atoms with Crippen molar-refractivity contribution in [2.45, 2.75) is 20.4 Å². The van der Waals surface area contributed by atoms with Gasteiger partial charge in [-0.3, -0.25) is 14.9 Å². The van der Waals surface area contributed by atoms with Gasteiger partial charge in [-0.2, -0.15) is 5.10 Å². The Morgan fingerprint density at radius 3 is 2.86 bits per heavy atom. The Balaban J connectivity index is 1.67. The Morgan fingerprint density at radius 1 is 1.32 bits per heavy atom. The summed E-state index contributed by atoms with van der Waals surface area (Å²) >= 11 is 0. The molecule has 0 aliphatic rings. The fourth-order valence-electron chi connectivity index (χ4n) is 2.94. The maximum absolute atomic E-state index is 12.3. The standard InChI is InChI=1S/C20H19N5O3/c1-3-24-14(2)22-17-13-16(10-11-19(17)24)20(26)23-21-12-6-8-15-7-4-5-9-18(15)25(27)28/h4-13H,3H2,1-2H3,(H,23,26). The Kier molecular flexibility index (Phi) is 5.59. The lowest BCUT2D eigenvalue weighted by molar-refractivity contribution is -0.385. The number of carbonyl (C=O) groups is 1. The number of rotatable bonds is 6. The highest BCUT2D eigenvalue weighted by Gasteiger charge is 2.10. The van der Waals surface area contributed by atoms with Crippen molar-refractivity contribution in [2.75, 3.05) is 0 Å². The van der Waals surface area contributed by atoms with Crippen LogP contribution in [0.2, 0.25) is 0 Å². The largest absolute Gasteiger partial charge is 0.329 e. The van der Waals surface area contributed by atoms with Crippen LogP contribution in [-0.4, -0.2) is 26.6 Å². The average Bonchev–Trinajstić information content (AvgIpc) is 3.01. The van der Waals surface area contributed by atoms with Crippen LogP contribution in [0.4, 0.5) is 5.69 Å². The molecule has 2 aromatic carbocycles. The lowest BCUT2D eigenvalue weighted by atomic mass is 10.1. The highest BCUT2D eigenvalue weighted by Crippen LogP contribution is 2.19. The molecule has 1 N–H and O–H groups in total. The number of nitro benzene ring substituents is 1. The number of benzene rings is 2. The van der Waals surface area contributed by atoms with Gasteiger partial charge in [0.05, 0.1) is 21.5 Å². The zero-order valence-electron chi connectivity index (χ0n) is 15.5. The summed E-state index contributed by atoms with van der Waals surface area (Å²) in [5.41, 5.74) is 5.08. The van der Waals surface area contributed by atoms with E-state index in [1.54, 1.807) is 36.4 Å². The van der Waals surface area contributed by atoms with Crippen LogP contribution in [0.25, 0.3) is 17.1 Å². The molecule has 1 heterocycles. The van der Waals surface area contributed by atoms with Crippen molar-refractivity contribution >= 4 is 34.9 Å². The molecule has 0 radical (unpaired) electrons. The Hall–Kier alpha value is -3.81.